The van der Waals surface area contributed by atoms with Crippen LogP contribution in [0, 0.1) is 29.6 Å². The van der Waals surface area contributed by atoms with Gasteiger partial charge in [-0.3, -0.25) is 29.0 Å². The summed E-state index contributed by atoms with van der Waals surface area (Å²) < 4.78 is 78.2. The molecule has 6 aliphatic heterocycles. The number of Topliss-reactive ketones (excluding diaryl/α,β-unsaturated/α-hetero) is 2. The van der Waals surface area contributed by atoms with Gasteiger partial charge < -0.3 is 109 Å². The molecule has 2 aromatic carbocycles. The number of nitrogens with two attached hydrogens (primary N) is 3. The fraction of sp³-hybridized carbons (Fsp3) is 0.663. The van der Waals surface area contributed by atoms with Crippen molar-refractivity contribution in [3.63, 3.8) is 0 Å². The molecule has 1 aliphatic carbocycles. The smallest absolute Gasteiger partial charge is 0.407 e. The fourth-order valence-corrected chi connectivity index (χ4v) is 19.2. The first-order valence-electron chi connectivity index (χ1n) is 46.5. The number of esters is 1. The van der Waals surface area contributed by atoms with Gasteiger partial charge in [0, 0.05) is 128 Å². The predicted molar refractivity (Wildman–Crippen MR) is 484 cm³/mol. The molecule has 4 saturated heterocycles. The second kappa shape index (κ2) is 48.9. The van der Waals surface area contributed by atoms with Crippen LogP contribution >= 0.6 is 0 Å². The maximum absolute atomic E-state index is 14.8. The summed E-state index contributed by atoms with van der Waals surface area (Å²) in [6.07, 6.45) is 11.4. The molecule has 0 radical (unpaired) electrons. The zero-order valence-electron chi connectivity index (χ0n) is 77.1. The van der Waals surface area contributed by atoms with Crippen LogP contribution in [0.15, 0.2) is 94.7 Å². The second-order valence-corrected chi connectivity index (χ2v) is 36.1. The molecular weight excluding hydrogens is 1680 g/mol. The lowest BCUT2D eigenvalue weighted by molar-refractivity contribution is -0.265. The van der Waals surface area contributed by atoms with Crippen LogP contribution in [0.2, 0.25) is 0 Å². The normalized spacial score (nSPS) is 29.0. The zero-order valence-corrected chi connectivity index (χ0v) is 77.1. The van der Waals surface area contributed by atoms with E-state index in [9.17, 15) is 44.1 Å². The Morgan fingerprint density at radius 1 is 0.715 bits per heavy atom. The highest BCUT2D eigenvalue weighted by atomic mass is 16.6. The summed E-state index contributed by atoms with van der Waals surface area (Å²) >= 11 is 0. The minimum atomic E-state index is -2.49. The van der Waals surface area contributed by atoms with Crippen molar-refractivity contribution in [1.29, 1.82) is 0 Å². The first-order valence-corrected chi connectivity index (χ1v) is 46.5. The van der Waals surface area contributed by atoms with Gasteiger partial charge in [0.2, 0.25) is 11.7 Å². The zero-order chi connectivity index (χ0) is 92.5. The summed E-state index contributed by atoms with van der Waals surface area (Å²) in [6.45, 7) is 21.5. The minimum absolute atomic E-state index is 0.0150. The number of nitrogens with one attached hydrogen (secondary N) is 1. The number of aliphatic hydroxyl groups is 3. The Kier molecular flexibility index (Phi) is 37.7. The average Bonchev–Trinajstić information content (AvgIpc) is 1.18. The molecule has 35 heteroatoms. The molecule has 1 saturated carbocycles. The van der Waals surface area contributed by atoms with Gasteiger partial charge in [0.15, 0.2) is 17.0 Å². The van der Waals surface area contributed by atoms with E-state index in [0.717, 1.165) is 66.2 Å². The third kappa shape index (κ3) is 26.9. The number of aliphatic hydroxyl groups excluding tert-OH is 2. The van der Waals surface area contributed by atoms with E-state index in [-0.39, 0.29) is 74.9 Å². The fourth-order valence-electron chi connectivity index (χ4n) is 19.2. The Morgan fingerprint density at radius 3 is 2.12 bits per heavy atom. The number of rotatable bonds is 34. The number of aromatic nitrogens is 5. The molecule has 10 N–H and O–H groups in total. The highest BCUT2D eigenvalue weighted by Gasteiger charge is 2.54. The molecule has 35 nitrogen and oxygen atoms in total. The van der Waals surface area contributed by atoms with Gasteiger partial charge in [-0.25, -0.2) is 24.2 Å². The number of methoxy groups -OCH3 is 3. The number of carbonyl (C=O) groups is 6. The number of fused-ring (bicyclic) bond motifs is 8. The number of benzene rings is 2. The van der Waals surface area contributed by atoms with Crippen molar-refractivity contribution in [2.24, 2.45) is 35.3 Å². The standard InChI is InChI=1S/C95H139N13O22/c1-59-15-11-10-12-16-60(2)79(118-7)52-72-23-18-64(6)95(117,130-72)88(113)91(114)107-29-14-13-17-75(107)92(115)127-80(53-76(109)61(3)46-63(5)86(112)87(120-9)85(111)62(4)45-59)73(96)48-65-20-24-78(81(49-65)119-8)129-94(116)99-28-34-122-38-39-123-35-31-104-56-71-51-70(104)57-105(71)32-36-124-40-42-126-44-43-125-41-37-121-33-27-82(110)106-30-26-67-47-66(19-21-69(67)55-106)54-108-90-83(89(97)100-58-101-90)84(103-108)68-22-25-77-74(50-68)102-93(98)128-77/h10-12,15-16,19,21-22,25,46-47,50,58-59,61-62,64-65,70-73,75-76,78-81,86-87,109,112,117H,13-14,17-18,20,23-24,26-45,48-49,51-57,96H2,1-9H3,(H2,98,102)(H,99,116)(H2,97,100,101)/b12-10?,15-11+,60-16?,63-46+/t59-,61-,62-,64-,65+,70+,71+,72+,73-,75+,76-,78-,79+,80+,81-,86-,87+,95-/m1/s1. The van der Waals surface area contributed by atoms with Crippen LogP contribution in [0.1, 0.15) is 148 Å². The lowest BCUT2D eigenvalue weighted by atomic mass is 9.80. The topological polar surface area (TPSA) is 447 Å². The monoisotopic (exact) mass is 1810 g/mol. The molecule has 7 aliphatic rings. The first kappa shape index (κ1) is 100. The number of carbonyl (C=O) groups excluding carboxylic acids is 6. The van der Waals surface area contributed by atoms with E-state index in [1.165, 1.54) is 19.0 Å². The molecule has 4 bridgehead atoms. The Bertz CT molecular complexity index is 4680. The van der Waals surface area contributed by atoms with Gasteiger partial charge in [-0.05, 0) is 149 Å². The number of alkyl carbamates (subject to hydrolysis) is 1. The number of hydrogen-bond donors (Lipinski definition) is 7. The number of allylic oxidation sites excluding steroid dienone is 5. The van der Waals surface area contributed by atoms with E-state index >= 15 is 0 Å². The molecule has 3 aromatic heterocycles. The Balaban J connectivity index is 0.496. The van der Waals surface area contributed by atoms with Crippen molar-refractivity contribution in [2.75, 3.05) is 158 Å². The SMILES string of the molecule is CO[C@H]1C[C@@H]2CC[C@@H](C)[C@@](O)(O2)C(=O)C(=O)N2CCCC[C@H]2C(=O)O[C@H]([C@H](N)C[C@@H]2CC[C@@H](OC(=O)NCCOCCOCCN3C[C@@H]4C[C@H]3CN4CCOCCOCCOCCOCCC(=O)N3CCc4cc(Cn5nc(-c6ccc7oc(N)nc7c6)c6c(N)ncnc65)ccc4C3)[C@H](OC)C2)C[C@@H](O)[C@H](C)/C=C(\C)[C@@H](O)[C@@H](OC)C(=O)[C@H](C)C[C@H](C)/C=C/C=CC=C1C. The molecule has 5 fully saturated rings. The summed E-state index contributed by atoms with van der Waals surface area (Å²) in [5.74, 6) is -7.50. The summed E-state index contributed by atoms with van der Waals surface area (Å²) in [5.41, 5.74) is 27.1. The number of anilines is 2. The van der Waals surface area contributed by atoms with Gasteiger partial charge in [-0.2, -0.15) is 10.1 Å². The van der Waals surface area contributed by atoms with Gasteiger partial charge >= 0.3 is 12.1 Å². The van der Waals surface area contributed by atoms with Crippen LogP contribution in [-0.4, -0.2) is 320 Å². The van der Waals surface area contributed by atoms with Crippen molar-refractivity contribution >= 4 is 69.4 Å². The Morgan fingerprint density at radius 2 is 1.42 bits per heavy atom. The number of hydrogen-bond acceptors (Lipinski definition) is 31. The third-order valence-electron chi connectivity index (χ3n) is 26.8. The number of piperidine rings is 1. The number of piperazine rings is 1. The number of likely N-dealkylation sites (tertiary alicyclic amines) is 2. The summed E-state index contributed by atoms with van der Waals surface area (Å²) in [4.78, 5) is 105. The van der Waals surface area contributed by atoms with Gasteiger partial charge in [0.1, 0.15) is 53.8 Å². The van der Waals surface area contributed by atoms with Crippen LogP contribution in [0.3, 0.4) is 0 Å². The van der Waals surface area contributed by atoms with Gasteiger partial charge in [0.05, 0.1) is 122 Å². The molecule has 3 amide bonds. The number of ketones is 2. The van der Waals surface area contributed by atoms with Gasteiger partial charge in [-0.15, -0.1) is 0 Å². The van der Waals surface area contributed by atoms with E-state index in [4.69, 9.17) is 83.6 Å². The van der Waals surface area contributed by atoms with Crippen LogP contribution in [-0.2, 0) is 100 Å². The predicted octanol–water partition coefficient (Wildman–Crippen LogP) is 7.39. The van der Waals surface area contributed by atoms with Crippen molar-refractivity contribution < 1.29 is 105 Å². The van der Waals surface area contributed by atoms with E-state index in [2.05, 4.69) is 48.3 Å². The molecule has 9 heterocycles. The molecule has 0 unspecified atom stereocenters. The third-order valence-corrected chi connectivity index (χ3v) is 26.8. The largest absolute Gasteiger partial charge is 0.459 e. The average molecular weight is 1820 g/mol. The molecule has 5 aromatic rings. The lowest BCUT2D eigenvalue weighted by Crippen LogP contribution is -2.61. The van der Waals surface area contributed by atoms with E-state index in [0.29, 0.717) is 201 Å². The molecule has 12 rings (SSSR count). The quantitative estimate of drug-likeness (QED) is 0.00913. The summed E-state index contributed by atoms with van der Waals surface area (Å²) in [7, 11) is 4.49. The molecule has 18 atom stereocenters. The highest BCUT2D eigenvalue weighted by molar-refractivity contribution is 6.39. The van der Waals surface area contributed by atoms with Crippen LogP contribution in [0.4, 0.5) is 16.6 Å². The van der Waals surface area contributed by atoms with Crippen LogP contribution < -0.4 is 22.5 Å². The summed E-state index contributed by atoms with van der Waals surface area (Å²) in [6, 6.07) is 10.8. The highest BCUT2D eigenvalue weighted by Crippen LogP contribution is 2.40. The summed E-state index contributed by atoms with van der Waals surface area (Å²) in [5, 5.41) is 44.3. The van der Waals surface area contributed by atoms with Crippen LogP contribution in [0.25, 0.3) is 33.4 Å². The molecular formula is C95H139N13O22. The van der Waals surface area contributed by atoms with E-state index in [1.54, 1.807) is 47.1 Å². The Labute approximate surface area is 762 Å². The molecule has 0 spiro atoms. The van der Waals surface area contributed by atoms with Crippen molar-refractivity contribution in [3.8, 4) is 11.3 Å². The van der Waals surface area contributed by atoms with Gasteiger partial charge in [0.25, 0.3) is 17.7 Å². The lowest BCUT2D eigenvalue weighted by Gasteiger charge is -2.42. The minimum Gasteiger partial charge on any atom is -0.459 e. The molecule has 716 valence electrons. The maximum Gasteiger partial charge on any atom is 0.407 e. The number of amides is 3. The van der Waals surface area contributed by atoms with Crippen molar-refractivity contribution in [1.82, 2.24) is 49.6 Å². The number of nitrogens with zero attached hydrogens (tertiary/aromatic N) is 9. The van der Waals surface area contributed by atoms with E-state index < -0.39 is 108 Å². The number of ether oxygens (including phenoxy) is 12. The number of oxazole rings is 1. The maximum atomic E-state index is 14.8. The van der Waals surface area contributed by atoms with E-state index in [1.807, 2.05) is 72.9 Å². The van der Waals surface area contributed by atoms with Gasteiger partial charge in [-0.1, -0.05) is 82.4 Å². The van der Waals surface area contributed by atoms with Crippen molar-refractivity contribution in [2.45, 2.75) is 230 Å². The first-order chi connectivity index (χ1) is 62.7. The second-order valence-electron chi connectivity index (χ2n) is 36.1. The number of cyclic esters (lactones) is 1. The van der Waals surface area contributed by atoms with Crippen LogP contribution in [0.5, 0.6) is 0 Å². The molecule has 130 heavy (non-hydrogen) atoms. The Hall–Kier alpha value is -8.60. The number of nitrogen functional groups attached to an aromatic ring is 2. The van der Waals surface area contributed by atoms with Crippen molar-refractivity contribution in [3.05, 3.63) is 107 Å².